The van der Waals surface area contributed by atoms with Crippen molar-refractivity contribution in [3.63, 3.8) is 0 Å². The van der Waals surface area contributed by atoms with E-state index in [1.165, 1.54) is 23.6 Å². The Morgan fingerprint density at radius 1 is 1.32 bits per heavy atom. The van der Waals surface area contributed by atoms with Gasteiger partial charge in [-0.3, -0.25) is 4.79 Å². The number of hydrogen-bond acceptors (Lipinski definition) is 3. The molecule has 0 fully saturated rings. The van der Waals surface area contributed by atoms with Crippen LogP contribution in [0.15, 0.2) is 43.7 Å². The minimum absolute atomic E-state index is 0.329. The highest BCUT2D eigenvalue weighted by molar-refractivity contribution is 5.84. The van der Waals surface area contributed by atoms with E-state index in [9.17, 15) is 4.79 Å². The van der Waals surface area contributed by atoms with Crippen molar-refractivity contribution in [3.8, 4) is 11.1 Å². The molecule has 2 N–H and O–H groups in total. The lowest BCUT2D eigenvalue weighted by Gasteiger charge is -1.85. The molecule has 0 radical (unpaired) electrons. The minimum Gasteiger partial charge on any atom is -0.450 e. The Kier molecular flexibility index (Phi) is 7.37. The topological polar surface area (TPSA) is 83.8 Å². The molecular weight excluding hydrogens is 248 g/mol. The second-order valence-corrected chi connectivity index (χ2v) is 3.42. The third-order valence-electron chi connectivity index (χ3n) is 1.95. The van der Waals surface area contributed by atoms with Crippen molar-refractivity contribution in [2.24, 2.45) is 0 Å². The molecule has 2 aliphatic rings. The Morgan fingerprint density at radius 2 is 1.89 bits per heavy atom. The van der Waals surface area contributed by atoms with Crippen molar-refractivity contribution in [1.82, 2.24) is 0 Å². The van der Waals surface area contributed by atoms with Gasteiger partial charge >= 0.3 is 12.1 Å². The van der Waals surface area contributed by atoms with Crippen LogP contribution in [-0.2, 0) is 16.0 Å². The number of hydrogen-bond donors (Lipinski definition) is 2. The Hall–Kier alpha value is -2.56. The second-order valence-electron chi connectivity index (χ2n) is 3.42. The molecule has 5 nitrogen and oxygen atoms in total. The minimum atomic E-state index is -1.83. The Labute approximate surface area is 111 Å². The predicted octanol–water partition coefficient (Wildman–Crippen LogP) is 3.31. The van der Waals surface area contributed by atoms with E-state index in [1.54, 1.807) is 0 Å². The molecule has 0 aromatic heterocycles. The first-order chi connectivity index (χ1) is 8.92. The van der Waals surface area contributed by atoms with Crippen molar-refractivity contribution >= 4 is 12.1 Å². The number of fused-ring (bicyclic) bond motifs is 1. The molecule has 0 saturated heterocycles. The summed E-state index contributed by atoms with van der Waals surface area (Å²) in [5.74, 6) is -0.329. The van der Waals surface area contributed by atoms with Crippen LogP contribution < -0.4 is 0 Å². The van der Waals surface area contributed by atoms with Gasteiger partial charge in [-0.05, 0) is 29.2 Å². The summed E-state index contributed by atoms with van der Waals surface area (Å²) in [5.41, 5.74) is 4.31. The molecule has 0 bridgehead atoms. The van der Waals surface area contributed by atoms with Crippen LogP contribution in [0.4, 0.5) is 4.79 Å². The molecule has 0 aliphatic heterocycles. The van der Waals surface area contributed by atoms with E-state index in [4.69, 9.17) is 15.0 Å². The van der Waals surface area contributed by atoms with Crippen LogP contribution in [0, 0.1) is 0 Å². The number of benzene rings is 1. The highest BCUT2D eigenvalue weighted by Crippen LogP contribution is 2.38. The quantitative estimate of drug-likeness (QED) is 0.504. The summed E-state index contributed by atoms with van der Waals surface area (Å²) < 4.78 is 4.17. The van der Waals surface area contributed by atoms with Gasteiger partial charge in [0.1, 0.15) is 0 Å². The van der Waals surface area contributed by atoms with Gasteiger partial charge in [0.15, 0.2) is 0 Å². The molecule has 19 heavy (non-hydrogen) atoms. The third-order valence-corrected chi connectivity index (χ3v) is 1.95. The standard InChI is InChI=1S/C9H8.C4H6O2.CH2O3/c1-2-3-7-4-5-8-6-9(7)8;1-3-6-4(2)5;2-1(3)4/h2,4-6H,1,3H2;3H,1H2,2H3;(H2,2,3,4). The lowest BCUT2D eigenvalue weighted by Crippen LogP contribution is -1.87. The summed E-state index contributed by atoms with van der Waals surface area (Å²) in [4.78, 5) is 18.3. The van der Waals surface area contributed by atoms with E-state index < -0.39 is 6.16 Å². The Balaban J connectivity index is 0.000000285. The number of carboxylic acid groups (broad SMARTS) is 2. The van der Waals surface area contributed by atoms with E-state index in [0.29, 0.717) is 0 Å². The average molecular weight is 264 g/mol. The van der Waals surface area contributed by atoms with Crippen LogP contribution in [0.25, 0.3) is 11.1 Å². The van der Waals surface area contributed by atoms with Gasteiger partial charge < -0.3 is 14.9 Å². The molecule has 0 saturated carbocycles. The van der Waals surface area contributed by atoms with E-state index in [-0.39, 0.29) is 5.97 Å². The van der Waals surface area contributed by atoms with Crippen LogP contribution in [0.1, 0.15) is 12.5 Å². The Morgan fingerprint density at radius 3 is 2.11 bits per heavy atom. The van der Waals surface area contributed by atoms with Gasteiger partial charge in [-0.1, -0.05) is 24.8 Å². The molecule has 0 aromatic rings. The Bertz CT molecular complexity index is 473. The number of rotatable bonds is 3. The summed E-state index contributed by atoms with van der Waals surface area (Å²) in [5, 5.41) is 13.9. The van der Waals surface area contributed by atoms with E-state index in [2.05, 4.69) is 36.1 Å². The van der Waals surface area contributed by atoms with Crippen molar-refractivity contribution in [3.05, 3.63) is 49.3 Å². The van der Waals surface area contributed by atoms with Gasteiger partial charge in [-0.15, -0.1) is 6.58 Å². The number of carbonyl (C=O) groups is 2. The zero-order chi connectivity index (χ0) is 14.8. The SMILES string of the molecule is C=CCc1ccc2cc1-2.C=COC(C)=O.O=C(O)O. The third kappa shape index (κ3) is 8.20. The summed E-state index contributed by atoms with van der Waals surface area (Å²) in [7, 11) is 0. The van der Waals surface area contributed by atoms with Crippen LogP contribution in [0.3, 0.4) is 0 Å². The average Bonchev–Trinajstić information content (AvgIpc) is 2.96. The van der Waals surface area contributed by atoms with Gasteiger partial charge in [0.2, 0.25) is 0 Å². The normalized spacial score (nSPS) is 8.68. The smallest absolute Gasteiger partial charge is 0.450 e. The molecule has 0 atom stereocenters. The molecule has 0 aromatic carbocycles. The molecule has 0 spiro atoms. The molecule has 2 aliphatic carbocycles. The summed E-state index contributed by atoms with van der Waals surface area (Å²) in [6, 6.07) is 6.54. The first kappa shape index (κ1) is 16.4. The number of allylic oxidation sites excluding steroid dienone is 1. The molecule has 5 heteroatoms. The summed E-state index contributed by atoms with van der Waals surface area (Å²) >= 11 is 0. The maximum absolute atomic E-state index is 9.75. The molecule has 2 rings (SSSR count). The van der Waals surface area contributed by atoms with Crippen LogP contribution in [0.5, 0.6) is 0 Å². The fraction of sp³-hybridized carbons (Fsp3) is 0.143. The highest BCUT2D eigenvalue weighted by Gasteiger charge is 2.14. The maximum Gasteiger partial charge on any atom is 0.503 e. The van der Waals surface area contributed by atoms with Crippen molar-refractivity contribution in [2.75, 3.05) is 0 Å². The zero-order valence-electron chi connectivity index (χ0n) is 10.6. The fourth-order valence-corrected chi connectivity index (χ4v) is 1.27. The van der Waals surface area contributed by atoms with E-state index in [1.807, 2.05) is 6.08 Å². The summed E-state index contributed by atoms with van der Waals surface area (Å²) in [6.07, 6.45) is 2.23. The van der Waals surface area contributed by atoms with Gasteiger partial charge in [-0.25, -0.2) is 4.79 Å². The van der Waals surface area contributed by atoms with Gasteiger partial charge in [-0.2, -0.15) is 0 Å². The zero-order valence-corrected chi connectivity index (χ0v) is 10.6. The molecule has 0 unspecified atom stereocenters. The summed E-state index contributed by atoms with van der Waals surface area (Å²) in [6.45, 7) is 8.16. The van der Waals surface area contributed by atoms with E-state index >= 15 is 0 Å². The van der Waals surface area contributed by atoms with Crippen LogP contribution >= 0.6 is 0 Å². The number of ether oxygens (including phenoxy) is 1. The van der Waals surface area contributed by atoms with Crippen molar-refractivity contribution in [2.45, 2.75) is 13.3 Å². The monoisotopic (exact) mass is 264 g/mol. The predicted molar refractivity (Wildman–Crippen MR) is 72.0 cm³/mol. The first-order valence-corrected chi connectivity index (χ1v) is 5.36. The largest absolute Gasteiger partial charge is 0.503 e. The fourth-order valence-electron chi connectivity index (χ4n) is 1.27. The lowest BCUT2D eigenvalue weighted by molar-refractivity contribution is -0.135. The number of esters is 1. The molecule has 0 heterocycles. The molecular formula is C14H16O5. The maximum atomic E-state index is 9.75. The van der Waals surface area contributed by atoms with Gasteiger partial charge in [0.25, 0.3) is 0 Å². The second kappa shape index (κ2) is 8.52. The molecule has 102 valence electrons. The van der Waals surface area contributed by atoms with Crippen molar-refractivity contribution in [1.29, 1.82) is 0 Å². The lowest BCUT2D eigenvalue weighted by atomic mass is 10.2. The van der Waals surface area contributed by atoms with Crippen LogP contribution in [0.2, 0.25) is 0 Å². The number of carbonyl (C=O) groups excluding carboxylic acids is 1. The van der Waals surface area contributed by atoms with Gasteiger partial charge in [0.05, 0.1) is 6.26 Å². The van der Waals surface area contributed by atoms with Gasteiger partial charge in [0, 0.05) is 6.92 Å². The first-order valence-electron chi connectivity index (χ1n) is 5.36. The van der Waals surface area contributed by atoms with Crippen molar-refractivity contribution < 1.29 is 24.5 Å². The van der Waals surface area contributed by atoms with Crippen LogP contribution in [-0.4, -0.2) is 22.3 Å². The molecule has 0 amide bonds. The highest BCUT2D eigenvalue weighted by atomic mass is 16.6. The van der Waals surface area contributed by atoms with E-state index in [0.717, 1.165) is 12.7 Å².